The third-order valence-electron chi connectivity index (χ3n) is 10.1. The molecule has 0 aliphatic carbocycles. The lowest BCUT2D eigenvalue weighted by molar-refractivity contribution is 0.961. The number of aliphatic imine (C=N–C) groups is 1. The van der Waals surface area contributed by atoms with E-state index >= 15 is 0 Å². The fraction of sp³-hybridized carbons (Fsp3) is 0.0213. The summed E-state index contributed by atoms with van der Waals surface area (Å²) >= 11 is 0. The van der Waals surface area contributed by atoms with Crippen LogP contribution in [0.1, 0.15) is 5.56 Å². The number of para-hydroxylation sites is 3. The lowest BCUT2D eigenvalue weighted by Crippen LogP contribution is -2.21. The first-order valence-electron chi connectivity index (χ1n) is 17.7. The largest absolute Gasteiger partial charge is 0.335 e. The molecule has 0 bridgehead atoms. The Morgan fingerprint density at radius 3 is 1.75 bits per heavy atom. The van der Waals surface area contributed by atoms with Gasteiger partial charge in [0.1, 0.15) is 0 Å². The molecule has 1 aliphatic heterocycles. The molecule has 53 heavy (non-hydrogen) atoms. The molecule has 3 heterocycles. The smallest absolute Gasteiger partial charge is 0.164 e. The van der Waals surface area contributed by atoms with Crippen molar-refractivity contribution in [1.82, 2.24) is 19.5 Å². The van der Waals surface area contributed by atoms with Crippen molar-refractivity contribution in [3.8, 4) is 51.0 Å². The van der Waals surface area contributed by atoms with E-state index < -0.39 is 0 Å². The van der Waals surface area contributed by atoms with Gasteiger partial charge in [-0.3, -0.25) is 4.99 Å². The van der Waals surface area contributed by atoms with Crippen LogP contribution in [0.5, 0.6) is 0 Å². The van der Waals surface area contributed by atoms with Crippen LogP contribution >= 0.6 is 0 Å². The van der Waals surface area contributed by atoms with E-state index in [1.54, 1.807) is 0 Å². The lowest BCUT2D eigenvalue weighted by atomic mass is 9.91. The van der Waals surface area contributed by atoms with Crippen molar-refractivity contribution in [3.63, 3.8) is 0 Å². The second-order valence-electron chi connectivity index (χ2n) is 13.2. The fourth-order valence-electron chi connectivity index (χ4n) is 7.64. The summed E-state index contributed by atoms with van der Waals surface area (Å²) in [6, 6.07) is 59.0. The van der Waals surface area contributed by atoms with E-state index in [0.717, 1.165) is 57.0 Å². The van der Waals surface area contributed by atoms with Gasteiger partial charge in [0.05, 0.1) is 28.1 Å². The van der Waals surface area contributed by atoms with E-state index in [1.165, 1.54) is 27.5 Å². The topological polar surface area (TPSA) is 59.2 Å². The van der Waals surface area contributed by atoms with Crippen molar-refractivity contribution in [1.29, 1.82) is 0 Å². The van der Waals surface area contributed by atoms with Crippen LogP contribution in [0.4, 0.5) is 17.1 Å². The predicted molar refractivity (Wildman–Crippen MR) is 217 cm³/mol. The third-order valence-corrected chi connectivity index (χ3v) is 10.1. The van der Waals surface area contributed by atoms with Crippen LogP contribution in [0.3, 0.4) is 0 Å². The summed E-state index contributed by atoms with van der Waals surface area (Å²) in [5, 5.41) is 2.40. The summed E-state index contributed by atoms with van der Waals surface area (Å²) < 4.78 is 2.36. The van der Waals surface area contributed by atoms with E-state index in [1.807, 2.05) is 72.8 Å². The normalized spacial score (nSPS) is 12.1. The van der Waals surface area contributed by atoms with Crippen LogP contribution in [0.2, 0.25) is 0 Å². The Balaban J connectivity index is 1.15. The molecule has 0 saturated heterocycles. The molecule has 9 aromatic rings. The second kappa shape index (κ2) is 12.5. The summed E-state index contributed by atoms with van der Waals surface area (Å²) in [5.41, 5.74) is 12.9. The van der Waals surface area contributed by atoms with Gasteiger partial charge < -0.3 is 9.47 Å². The molecule has 250 valence electrons. The van der Waals surface area contributed by atoms with Gasteiger partial charge in [-0.2, -0.15) is 0 Å². The van der Waals surface area contributed by atoms with Crippen molar-refractivity contribution < 1.29 is 0 Å². The van der Waals surface area contributed by atoms with Gasteiger partial charge in [0.25, 0.3) is 0 Å². The van der Waals surface area contributed by atoms with Gasteiger partial charge in [0, 0.05) is 45.3 Å². The Bertz CT molecular complexity index is 2770. The molecule has 0 unspecified atom stereocenters. The molecule has 0 atom stereocenters. The zero-order chi connectivity index (χ0) is 35.3. The predicted octanol–water partition coefficient (Wildman–Crippen LogP) is 11.6. The molecule has 6 heteroatoms. The quantitative estimate of drug-likeness (QED) is 0.164. The lowest BCUT2D eigenvalue weighted by Gasteiger charge is -2.34. The molecule has 0 spiro atoms. The van der Waals surface area contributed by atoms with E-state index in [4.69, 9.17) is 15.0 Å². The van der Waals surface area contributed by atoms with E-state index in [0.29, 0.717) is 17.5 Å². The molecule has 1 aliphatic rings. The molecule has 6 nitrogen and oxygen atoms in total. The molecule has 0 amide bonds. The van der Waals surface area contributed by atoms with Crippen LogP contribution in [0.25, 0.3) is 72.8 Å². The summed E-state index contributed by atoms with van der Waals surface area (Å²) in [5.74, 6) is 1.92. The molecule has 0 saturated carbocycles. The highest BCUT2D eigenvalue weighted by molar-refractivity contribution is 6.13. The van der Waals surface area contributed by atoms with E-state index in [-0.39, 0.29) is 0 Å². The van der Waals surface area contributed by atoms with Crippen LogP contribution in [0.15, 0.2) is 175 Å². The SMILES string of the molecule is C=Nc1ccccc1N1Cc2ccccc2-c2cc3c4ccccc4n(-c4ccc(-c5nc(-c6ccccc6)nc(-c6ccccc6)n5)cc4)c3cc21. The van der Waals surface area contributed by atoms with Gasteiger partial charge in [-0.05, 0) is 72.4 Å². The summed E-state index contributed by atoms with van der Waals surface area (Å²) in [6.07, 6.45) is 0. The standard InChI is InChI=1S/C47H32N6/c1-48-40-21-11-13-23-42(40)52-30-34-18-8-9-19-36(34)38-28-39-37-20-10-12-22-41(37)53(44(39)29-43(38)52)35-26-24-33(25-27-35)47-50-45(31-14-4-2-5-15-31)49-46(51-47)32-16-6-3-7-17-32/h2-29H,1,30H2. The van der Waals surface area contributed by atoms with Gasteiger partial charge in [-0.15, -0.1) is 0 Å². The number of benzene rings is 7. The first-order chi connectivity index (χ1) is 26.2. The number of nitrogens with zero attached hydrogens (tertiary/aromatic N) is 6. The highest BCUT2D eigenvalue weighted by atomic mass is 15.2. The van der Waals surface area contributed by atoms with Crippen LogP contribution in [-0.4, -0.2) is 26.2 Å². The third kappa shape index (κ3) is 5.19. The Morgan fingerprint density at radius 1 is 0.472 bits per heavy atom. The molecule has 7 aromatic carbocycles. The minimum Gasteiger partial charge on any atom is -0.335 e. The number of hydrogen-bond acceptors (Lipinski definition) is 5. The Kier molecular flexibility index (Phi) is 7.25. The van der Waals surface area contributed by atoms with Gasteiger partial charge in [0.2, 0.25) is 0 Å². The van der Waals surface area contributed by atoms with E-state index in [9.17, 15) is 0 Å². The van der Waals surface area contributed by atoms with E-state index in [2.05, 4.69) is 118 Å². The first kappa shape index (κ1) is 30.6. The number of anilines is 2. The van der Waals surface area contributed by atoms with Gasteiger partial charge in [0.15, 0.2) is 17.5 Å². The molecule has 0 radical (unpaired) electrons. The van der Waals surface area contributed by atoms with Gasteiger partial charge >= 0.3 is 0 Å². The fourth-order valence-corrected chi connectivity index (χ4v) is 7.64. The summed E-state index contributed by atoms with van der Waals surface area (Å²) in [4.78, 5) is 21.6. The minimum atomic E-state index is 0.629. The van der Waals surface area contributed by atoms with Crippen LogP contribution in [0, 0.1) is 0 Å². The number of aromatic nitrogens is 4. The van der Waals surface area contributed by atoms with Crippen molar-refractivity contribution in [2.45, 2.75) is 6.54 Å². The number of fused-ring (bicyclic) bond motifs is 6. The van der Waals surface area contributed by atoms with Crippen molar-refractivity contribution in [2.24, 2.45) is 4.99 Å². The maximum Gasteiger partial charge on any atom is 0.164 e. The van der Waals surface area contributed by atoms with Crippen LogP contribution < -0.4 is 4.90 Å². The maximum absolute atomic E-state index is 4.96. The zero-order valence-corrected chi connectivity index (χ0v) is 28.8. The maximum atomic E-state index is 4.96. The molecule has 0 fully saturated rings. The average Bonchev–Trinajstić information content (AvgIpc) is 3.56. The zero-order valence-electron chi connectivity index (χ0n) is 28.8. The highest BCUT2D eigenvalue weighted by Crippen LogP contribution is 2.48. The van der Waals surface area contributed by atoms with Crippen molar-refractivity contribution in [3.05, 3.63) is 175 Å². The number of hydrogen-bond donors (Lipinski definition) is 0. The monoisotopic (exact) mass is 680 g/mol. The molecular formula is C47H32N6. The molecule has 0 N–H and O–H groups in total. The number of rotatable bonds is 6. The Morgan fingerprint density at radius 2 is 1.06 bits per heavy atom. The van der Waals surface area contributed by atoms with Crippen LogP contribution in [-0.2, 0) is 6.54 Å². The van der Waals surface area contributed by atoms with Gasteiger partial charge in [-0.1, -0.05) is 115 Å². The molecule has 10 rings (SSSR count). The highest BCUT2D eigenvalue weighted by Gasteiger charge is 2.27. The second-order valence-corrected chi connectivity index (χ2v) is 13.2. The first-order valence-corrected chi connectivity index (χ1v) is 17.7. The summed E-state index contributed by atoms with van der Waals surface area (Å²) in [7, 11) is 0. The summed E-state index contributed by atoms with van der Waals surface area (Å²) in [6.45, 7) is 4.63. The van der Waals surface area contributed by atoms with Crippen molar-refractivity contribution in [2.75, 3.05) is 4.90 Å². The Labute approximate surface area is 307 Å². The van der Waals surface area contributed by atoms with Crippen molar-refractivity contribution >= 4 is 45.6 Å². The molecule has 2 aromatic heterocycles. The minimum absolute atomic E-state index is 0.629. The Hall–Kier alpha value is -7.18. The van der Waals surface area contributed by atoms with Gasteiger partial charge in [-0.25, -0.2) is 15.0 Å². The molecular weight excluding hydrogens is 649 g/mol. The average molecular weight is 681 g/mol.